The first kappa shape index (κ1) is 19.4. The lowest BCUT2D eigenvalue weighted by Crippen LogP contribution is -2.31. The number of rotatable bonds is 5. The van der Waals surface area contributed by atoms with Crippen LogP contribution in [0.25, 0.3) is 11.1 Å². The molecule has 3 aromatic rings. The number of anilines is 1. The molecule has 1 unspecified atom stereocenters. The lowest BCUT2D eigenvalue weighted by atomic mass is 10.0. The Labute approximate surface area is 174 Å². The number of thiazole rings is 1. The standard InChI is InChI=1S/C21H24N6OS/c1-4-23-21-25-13(2)19(29-21)20(28)27-11-5-6-17(27)18-16(12-24-14(3)26-18)15-7-9-22-10-8-15/h7-10,12,17H,4-6,11H2,1-3H3,(H,23,25). The third kappa shape index (κ3) is 3.85. The van der Waals surface area contributed by atoms with Crippen molar-refractivity contribution in [2.45, 2.75) is 39.7 Å². The second-order valence-corrected chi connectivity index (χ2v) is 8.07. The number of amides is 1. The fourth-order valence-corrected chi connectivity index (χ4v) is 4.73. The van der Waals surface area contributed by atoms with Crippen molar-refractivity contribution < 1.29 is 4.79 Å². The number of aromatic nitrogens is 4. The van der Waals surface area contributed by atoms with Gasteiger partial charge in [-0.1, -0.05) is 11.3 Å². The molecule has 1 N–H and O–H groups in total. The summed E-state index contributed by atoms with van der Waals surface area (Å²) >= 11 is 1.43. The predicted octanol–water partition coefficient (Wildman–Crippen LogP) is 4.02. The van der Waals surface area contributed by atoms with E-state index in [1.165, 1.54) is 11.3 Å². The van der Waals surface area contributed by atoms with E-state index in [1.807, 2.05) is 44.0 Å². The summed E-state index contributed by atoms with van der Waals surface area (Å²) in [6.07, 6.45) is 7.22. The molecule has 1 atom stereocenters. The summed E-state index contributed by atoms with van der Waals surface area (Å²) in [5.74, 6) is 0.740. The molecule has 1 aliphatic heterocycles. The van der Waals surface area contributed by atoms with Crippen LogP contribution in [0.15, 0.2) is 30.7 Å². The van der Waals surface area contributed by atoms with Crippen molar-refractivity contribution in [2.24, 2.45) is 0 Å². The molecule has 0 bridgehead atoms. The van der Waals surface area contributed by atoms with Crippen LogP contribution in [0.3, 0.4) is 0 Å². The summed E-state index contributed by atoms with van der Waals surface area (Å²) in [7, 11) is 0. The Morgan fingerprint density at radius 3 is 2.83 bits per heavy atom. The summed E-state index contributed by atoms with van der Waals surface area (Å²) < 4.78 is 0. The molecule has 0 radical (unpaired) electrons. The lowest BCUT2D eigenvalue weighted by molar-refractivity contribution is 0.0737. The Balaban J connectivity index is 1.71. The van der Waals surface area contributed by atoms with E-state index >= 15 is 0 Å². The van der Waals surface area contributed by atoms with E-state index in [-0.39, 0.29) is 11.9 Å². The van der Waals surface area contributed by atoms with E-state index in [0.29, 0.717) is 10.7 Å². The van der Waals surface area contributed by atoms with E-state index in [2.05, 4.69) is 20.3 Å². The number of hydrogen-bond donors (Lipinski definition) is 1. The molecular formula is C21H24N6OS. The van der Waals surface area contributed by atoms with Crippen LogP contribution in [0.2, 0.25) is 0 Å². The maximum atomic E-state index is 13.4. The number of nitrogens with one attached hydrogen (secondary N) is 1. The zero-order chi connectivity index (χ0) is 20.4. The molecule has 7 nitrogen and oxygen atoms in total. The molecule has 4 heterocycles. The van der Waals surface area contributed by atoms with Gasteiger partial charge in [-0.25, -0.2) is 15.0 Å². The van der Waals surface area contributed by atoms with Crippen LogP contribution in [0.4, 0.5) is 5.13 Å². The molecule has 29 heavy (non-hydrogen) atoms. The van der Waals surface area contributed by atoms with E-state index in [1.54, 1.807) is 12.4 Å². The topological polar surface area (TPSA) is 83.9 Å². The van der Waals surface area contributed by atoms with Crippen molar-refractivity contribution in [3.63, 3.8) is 0 Å². The summed E-state index contributed by atoms with van der Waals surface area (Å²) in [6.45, 7) is 7.30. The van der Waals surface area contributed by atoms with Crippen molar-refractivity contribution in [3.8, 4) is 11.1 Å². The molecule has 150 valence electrons. The summed E-state index contributed by atoms with van der Waals surface area (Å²) in [4.78, 5) is 33.8. The summed E-state index contributed by atoms with van der Waals surface area (Å²) in [5.41, 5.74) is 3.65. The second kappa shape index (κ2) is 8.24. The molecule has 0 spiro atoms. The highest BCUT2D eigenvalue weighted by atomic mass is 32.1. The molecule has 4 rings (SSSR count). The number of nitrogens with zero attached hydrogens (tertiary/aromatic N) is 5. The van der Waals surface area contributed by atoms with Crippen LogP contribution in [-0.2, 0) is 0 Å². The van der Waals surface area contributed by atoms with Crippen molar-refractivity contribution in [2.75, 3.05) is 18.4 Å². The molecule has 8 heteroatoms. The van der Waals surface area contributed by atoms with Gasteiger partial charge in [0.1, 0.15) is 10.7 Å². The van der Waals surface area contributed by atoms with Gasteiger partial charge in [0.15, 0.2) is 5.13 Å². The Morgan fingerprint density at radius 2 is 2.07 bits per heavy atom. The van der Waals surface area contributed by atoms with Crippen molar-refractivity contribution in [1.82, 2.24) is 24.8 Å². The summed E-state index contributed by atoms with van der Waals surface area (Å²) in [6, 6.07) is 3.83. The number of hydrogen-bond acceptors (Lipinski definition) is 7. The largest absolute Gasteiger partial charge is 0.362 e. The Kier molecular flexibility index (Phi) is 5.53. The van der Waals surface area contributed by atoms with Crippen LogP contribution >= 0.6 is 11.3 Å². The van der Waals surface area contributed by atoms with Crippen molar-refractivity contribution in [1.29, 1.82) is 0 Å². The van der Waals surface area contributed by atoms with E-state index < -0.39 is 0 Å². The predicted molar refractivity (Wildman–Crippen MR) is 114 cm³/mol. The first-order chi connectivity index (χ1) is 14.1. The molecule has 0 aromatic carbocycles. The molecular weight excluding hydrogens is 384 g/mol. The van der Waals surface area contributed by atoms with E-state index in [0.717, 1.165) is 53.6 Å². The second-order valence-electron chi connectivity index (χ2n) is 7.07. The van der Waals surface area contributed by atoms with Crippen LogP contribution < -0.4 is 5.32 Å². The number of likely N-dealkylation sites (tertiary alicyclic amines) is 1. The summed E-state index contributed by atoms with van der Waals surface area (Å²) in [5, 5.41) is 4.00. The van der Waals surface area contributed by atoms with Gasteiger partial charge in [-0.05, 0) is 51.3 Å². The molecule has 1 saturated heterocycles. The number of carbonyl (C=O) groups is 1. The van der Waals surface area contributed by atoms with Crippen LogP contribution in [0.5, 0.6) is 0 Å². The molecule has 0 aliphatic carbocycles. The molecule has 1 aliphatic rings. The van der Waals surface area contributed by atoms with Gasteiger partial charge < -0.3 is 10.2 Å². The van der Waals surface area contributed by atoms with Gasteiger partial charge in [0.05, 0.1) is 17.4 Å². The minimum Gasteiger partial charge on any atom is -0.362 e. The Bertz CT molecular complexity index is 1020. The first-order valence-corrected chi connectivity index (χ1v) is 10.7. The third-order valence-corrected chi connectivity index (χ3v) is 6.18. The lowest BCUT2D eigenvalue weighted by Gasteiger charge is -2.26. The Morgan fingerprint density at radius 1 is 1.28 bits per heavy atom. The zero-order valence-electron chi connectivity index (χ0n) is 16.8. The average molecular weight is 409 g/mol. The van der Waals surface area contributed by atoms with Gasteiger partial charge in [-0.15, -0.1) is 0 Å². The highest BCUT2D eigenvalue weighted by Crippen LogP contribution is 2.38. The number of carbonyl (C=O) groups excluding carboxylic acids is 1. The van der Waals surface area contributed by atoms with Gasteiger partial charge in [0.2, 0.25) is 0 Å². The fourth-order valence-electron chi connectivity index (χ4n) is 3.74. The molecule has 1 fully saturated rings. The van der Waals surface area contributed by atoms with E-state index in [9.17, 15) is 4.79 Å². The van der Waals surface area contributed by atoms with Gasteiger partial charge in [0.25, 0.3) is 5.91 Å². The SMILES string of the molecule is CCNc1nc(C)c(C(=O)N2CCCC2c2nc(C)ncc2-c2ccncc2)s1. The maximum Gasteiger partial charge on any atom is 0.266 e. The Hall–Kier alpha value is -2.87. The third-order valence-electron chi connectivity index (χ3n) is 5.08. The van der Waals surface area contributed by atoms with Gasteiger partial charge in [-0.3, -0.25) is 9.78 Å². The minimum absolute atomic E-state index is 0.0311. The quantitative estimate of drug-likeness (QED) is 0.686. The van der Waals surface area contributed by atoms with Crippen LogP contribution in [-0.4, -0.2) is 43.8 Å². The molecule has 1 amide bonds. The average Bonchev–Trinajstić information content (AvgIpc) is 3.35. The van der Waals surface area contributed by atoms with Crippen molar-refractivity contribution in [3.05, 3.63) is 52.8 Å². The minimum atomic E-state index is -0.0727. The number of aryl methyl sites for hydroxylation is 2. The molecule has 3 aromatic heterocycles. The molecule has 0 saturated carbocycles. The van der Waals surface area contributed by atoms with Crippen molar-refractivity contribution >= 4 is 22.4 Å². The van der Waals surface area contributed by atoms with Gasteiger partial charge in [-0.2, -0.15) is 0 Å². The van der Waals surface area contributed by atoms with Crippen LogP contribution in [0.1, 0.15) is 52.7 Å². The van der Waals surface area contributed by atoms with Gasteiger partial charge in [0, 0.05) is 37.2 Å². The highest BCUT2D eigenvalue weighted by molar-refractivity contribution is 7.17. The maximum absolute atomic E-state index is 13.4. The normalized spacial score (nSPS) is 16.2. The van der Waals surface area contributed by atoms with Crippen LogP contribution in [0, 0.1) is 13.8 Å². The monoisotopic (exact) mass is 408 g/mol. The first-order valence-electron chi connectivity index (χ1n) is 9.84. The van der Waals surface area contributed by atoms with E-state index in [4.69, 9.17) is 4.98 Å². The van der Waals surface area contributed by atoms with Gasteiger partial charge >= 0.3 is 0 Å². The highest BCUT2D eigenvalue weighted by Gasteiger charge is 2.35. The fraction of sp³-hybridized carbons (Fsp3) is 0.381. The number of pyridine rings is 1. The zero-order valence-corrected chi connectivity index (χ0v) is 17.7. The smallest absolute Gasteiger partial charge is 0.266 e.